The van der Waals surface area contributed by atoms with E-state index in [0.29, 0.717) is 0 Å². The summed E-state index contributed by atoms with van der Waals surface area (Å²) in [6, 6.07) is 0. The Morgan fingerprint density at radius 1 is 1.75 bits per heavy atom. The number of nitrogens with one attached hydrogen (secondary N) is 1. The van der Waals surface area contributed by atoms with Crippen LogP contribution in [0, 0.1) is 0 Å². The van der Waals surface area contributed by atoms with Crippen LogP contribution in [0.4, 0.5) is 0 Å². The molecular weight excluding hydrogens is 156 g/mol. The summed E-state index contributed by atoms with van der Waals surface area (Å²) in [5.74, 6) is 0. The van der Waals surface area contributed by atoms with Gasteiger partial charge in [0, 0.05) is 0 Å². The van der Waals surface area contributed by atoms with Crippen LogP contribution in [-0.2, 0) is 23.7 Å². The Morgan fingerprint density at radius 2 is 2.50 bits per heavy atom. The molecule has 1 aromatic heterocycles. The normalized spacial score (nSPS) is 8.12. The minimum atomic E-state index is 0. The summed E-state index contributed by atoms with van der Waals surface area (Å²) in [5, 5.41) is 8.36. The standard InChI is InChI=1S/C4H6N2O.Cu/c7-2-4-1-5-3-6-4;/h1,3,7H,2H2,(H,5,6);/q;+2. The first-order chi connectivity index (χ1) is 3.43. The van der Waals surface area contributed by atoms with Crippen LogP contribution in [0.25, 0.3) is 0 Å². The molecule has 0 atom stereocenters. The Hall–Kier alpha value is -0.311. The van der Waals surface area contributed by atoms with Gasteiger partial charge in [-0.3, -0.25) is 0 Å². The largest absolute Gasteiger partial charge is 2.00 e. The van der Waals surface area contributed by atoms with Gasteiger partial charge in [0.2, 0.25) is 0 Å². The van der Waals surface area contributed by atoms with Crippen LogP contribution in [0.5, 0.6) is 0 Å². The third-order valence-corrected chi connectivity index (χ3v) is 0.725. The van der Waals surface area contributed by atoms with Crippen LogP contribution in [0.15, 0.2) is 12.5 Å². The van der Waals surface area contributed by atoms with E-state index in [1.54, 1.807) is 6.20 Å². The van der Waals surface area contributed by atoms with Crippen molar-refractivity contribution in [2.45, 2.75) is 6.61 Å². The molecule has 4 heteroatoms. The van der Waals surface area contributed by atoms with E-state index >= 15 is 0 Å². The molecule has 0 aromatic carbocycles. The summed E-state index contributed by atoms with van der Waals surface area (Å²) in [7, 11) is 0. The average Bonchev–Trinajstić information content (AvgIpc) is 2.14. The van der Waals surface area contributed by atoms with E-state index in [2.05, 4.69) is 9.97 Å². The van der Waals surface area contributed by atoms with E-state index in [1.165, 1.54) is 6.33 Å². The molecule has 1 rings (SSSR count). The predicted octanol–water partition coefficient (Wildman–Crippen LogP) is -0.100. The number of hydrogen-bond acceptors (Lipinski definition) is 2. The molecule has 0 bridgehead atoms. The second-order valence-electron chi connectivity index (χ2n) is 1.23. The SMILES string of the molecule is OCc1cnc[nH]1.[Cu+2]. The van der Waals surface area contributed by atoms with E-state index in [4.69, 9.17) is 5.11 Å². The van der Waals surface area contributed by atoms with Crippen molar-refractivity contribution >= 4 is 0 Å². The molecule has 0 saturated heterocycles. The smallest absolute Gasteiger partial charge is 0.390 e. The molecule has 47 valence electrons. The fraction of sp³-hybridized carbons (Fsp3) is 0.250. The number of aromatic amines is 1. The van der Waals surface area contributed by atoms with Gasteiger partial charge in [-0.1, -0.05) is 0 Å². The van der Waals surface area contributed by atoms with Crippen LogP contribution in [0.1, 0.15) is 5.69 Å². The van der Waals surface area contributed by atoms with Crippen molar-refractivity contribution in [1.29, 1.82) is 0 Å². The van der Waals surface area contributed by atoms with Gasteiger partial charge >= 0.3 is 17.1 Å². The second kappa shape index (κ2) is 3.66. The number of aromatic nitrogens is 2. The molecule has 0 saturated carbocycles. The van der Waals surface area contributed by atoms with Gasteiger partial charge in [-0.15, -0.1) is 0 Å². The molecular formula is C4H6CuN2O+2. The van der Waals surface area contributed by atoms with Crippen LogP contribution in [0.3, 0.4) is 0 Å². The Bertz CT molecular complexity index is 129. The minimum Gasteiger partial charge on any atom is -0.390 e. The summed E-state index contributed by atoms with van der Waals surface area (Å²) in [6.45, 7) is 0.0417. The number of hydrogen-bond donors (Lipinski definition) is 2. The summed E-state index contributed by atoms with van der Waals surface area (Å²) in [4.78, 5) is 6.40. The van der Waals surface area contributed by atoms with Crippen molar-refractivity contribution in [2.24, 2.45) is 0 Å². The fourth-order valence-corrected chi connectivity index (χ4v) is 0.371. The van der Waals surface area contributed by atoms with Gasteiger partial charge in [-0.25, -0.2) is 4.98 Å². The van der Waals surface area contributed by atoms with E-state index < -0.39 is 0 Å². The maximum absolute atomic E-state index is 8.36. The molecule has 1 radical (unpaired) electrons. The topological polar surface area (TPSA) is 48.9 Å². The number of aliphatic hydroxyl groups is 1. The van der Waals surface area contributed by atoms with Crippen molar-refractivity contribution < 1.29 is 22.2 Å². The summed E-state index contributed by atoms with van der Waals surface area (Å²) >= 11 is 0. The molecule has 8 heavy (non-hydrogen) atoms. The van der Waals surface area contributed by atoms with Gasteiger partial charge in [0.05, 0.1) is 24.8 Å². The molecule has 1 aromatic rings. The maximum Gasteiger partial charge on any atom is 2.00 e. The first-order valence-electron chi connectivity index (χ1n) is 2.01. The van der Waals surface area contributed by atoms with Gasteiger partial charge in [-0.2, -0.15) is 0 Å². The fourth-order valence-electron chi connectivity index (χ4n) is 0.371. The molecule has 0 amide bonds. The Morgan fingerprint density at radius 3 is 2.75 bits per heavy atom. The zero-order valence-corrected chi connectivity index (χ0v) is 5.00. The average molecular weight is 162 g/mol. The Balaban J connectivity index is 0.000000490. The number of nitrogens with zero attached hydrogens (tertiary/aromatic N) is 1. The van der Waals surface area contributed by atoms with Crippen molar-refractivity contribution in [3.05, 3.63) is 18.2 Å². The van der Waals surface area contributed by atoms with E-state index in [1.807, 2.05) is 0 Å². The number of H-pyrrole nitrogens is 1. The van der Waals surface area contributed by atoms with E-state index in [-0.39, 0.29) is 23.7 Å². The van der Waals surface area contributed by atoms with Gasteiger partial charge in [0.15, 0.2) is 0 Å². The number of aliphatic hydroxyl groups excluding tert-OH is 1. The third-order valence-electron chi connectivity index (χ3n) is 0.725. The molecule has 0 aliphatic rings. The van der Waals surface area contributed by atoms with Crippen LogP contribution >= 0.6 is 0 Å². The van der Waals surface area contributed by atoms with Crippen LogP contribution in [0.2, 0.25) is 0 Å². The molecule has 3 nitrogen and oxygen atoms in total. The molecule has 0 aliphatic heterocycles. The molecule has 2 N–H and O–H groups in total. The van der Waals surface area contributed by atoms with Gasteiger partial charge in [0.25, 0.3) is 0 Å². The summed E-state index contributed by atoms with van der Waals surface area (Å²) in [6.07, 6.45) is 3.12. The minimum absolute atomic E-state index is 0. The molecule has 1 heterocycles. The van der Waals surface area contributed by atoms with E-state index in [0.717, 1.165) is 5.69 Å². The molecule has 0 unspecified atom stereocenters. The number of imidazole rings is 1. The summed E-state index contributed by atoms with van der Waals surface area (Å²) in [5.41, 5.74) is 0.750. The first-order valence-corrected chi connectivity index (χ1v) is 2.01. The monoisotopic (exact) mass is 161 g/mol. The molecule has 0 aliphatic carbocycles. The van der Waals surface area contributed by atoms with Crippen molar-refractivity contribution in [1.82, 2.24) is 9.97 Å². The molecule has 0 spiro atoms. The maximum atomic E-state index is 8.36. The van der Waals surface area contributed by atoms with Crippen LogP contribution in [-0.4, -0.2) is 15.1 Å². The summed E-state index contributed by atoms with van der Waals surface area (Å²) < 4.78 is 0. The van der Waals surface area contributed by atoms with Crippen molar-refractivity contribution in [2.75, 3.05) is 0 Å². The third kappa shape index (κ3) is 1.66. The second-order valence-corrected chi connectivity index (χ2v) is 1.23. The predicted molar refractivity (Wildman–Crippen MR) is 24.5 cm³/mol. The Kier molecular flexibility index (Phi) is 3.52. The van der Waals surface area contributed by atoms with Gasteiger partial charge in [-0.05, 0) is 0 Å². The van der Waals surface area contributed by atoms with Gasteiger partial charge < -0.3 is 10.1 Å². The number of rotatable bonds is 1. The Labute approximate surface area is 57.6 Å². The molecule has 0 fully saturated rings. The van der Waals surface area contributed by atoms with Crippen LogP contribution < -0.4 is 0 Å². The van der Waals surface area contributed by atoms with Crippen molar-refractivity contribution in [3.8, 4) is 0 Å². The first kappa shape index (κ1) is 7.69. The van der Waals surface area contributed by atoms with Crippen molar-refractivity contribution in [3.63, 3.8) is 0 Å². The van der Waals surface area contributed by atoms with E-state index in [9.17, 15) is 0 Å². The zero-order valence-electron chi connectivity index (χ0n) is 4.06. The van der Waals surface area contributed by atoms with Gasteiger partial charge in [0.1, 0.15) is 0 Å². The quantitative estimate of drug-likeness (QED) is 0.566. The zero-order chi connectivity index (χ0) is 5.11.